The van der Waals surface area contributed by atoms with Crippen LogP contribution >= 0.6 is 23.2 Å². The molecule has 0 aliphatic carbocycles. The van der Waals surface area contributed by atoms with E-state index in [2.05, 4.69) is 10.1 Å². The van der Waals surface area contributed by atoms with Gasteiger partial charge >= 0.3 is 5.97 Å². The van der Waals surface area contributed by atoms with Gasteiger partial charge in [0.1, 0.15) is 0 Å². The molecule has 0 atom stereocenters. The highest BCUT2D eigenvalue weighted by Crippen LogP contribution is 2.34. The van der Waals surface area contributed by atoms with Crippen LogP contribution < -0.4 is 0 Å². The molecule has 0 aliphatic heterocycles. The Morgan fingerprint density at radius 1 is 1.27 bits per heavy atom. The van der Waals surface area contributed by atoms with Gasteiger partial charge in [0, 0.05) is 16.8 Å². The standard InChI is InChI=1S/C15H11Cl2N3O2/c1-7-13(10-4-3-9(16)5-12(10)17)14-18-6-11(15(21)22)8(2)20(14)19-7/h3-6H,1-2H3,(H,21,22). The van der Waals surface area contributed by atoms with Gasteiger partial charge in [-0.05, 0) is 26.0 Å². The van der Waals surface area contributed by atoms with Crippen molar-refractivity contribution in [3.05, 3.63) is 51.4 Å². The number of benzene rings is 1. The van der Waals surface area contributed by atoms with Crippen LogP contribution in [0.15, 0.2) is 24.4 Å². The summed E-state index contributed by atoms with van der Waals surface area (Å²) in [4.78, 5) is 15.5. The third-order valence-electron chi connectivity index (χ3n) is 3.49. The summed E-state index contributed by atoms with van der Waals surface area (Å²) in [5, 5.41) is 14.6. The molecule has 0 amide bonds. The Bertz CT molecular complexity index is 919. The molecule has 2 heterocycles. The van der Waals surface area contributed by atoms with Crippen LogP contribution in [0.5, 0.6) is 0 Å². The Kier molecular flexibility index (Phi) is 3.54. The molecule has 0 saturated heterocycles. The Hall–Kier alpha value is -2.11. The maximum Gasteiger partial charge on any atom is 0.339 e. The zero-order chi connectivity index (χ0) is 16.0. The number of aromatic nitrogens is 3. The van der Waals surface area contributed by atoms with Crippen LogP contribution in [0.1, 0.15) is 21.7 Å². The summed E-state index contributed by atoms with van der Waals surface area (Å²) in [7, 11) is 0. The first-order valence-corrected chi connectivity index (χ1v) is 7.19. The summed E-state index contributed by atoms with van der Waals surface area (Å²) in [6.07, 6.45) is 1.33. The van der Waals surface area contributed by atoms with Crippen molar-refractivity contribution < 1.29 is 9.90 Å². The minimum absolute atomic E-state index is 0.115. The molecule has 2 aromatic heterocycles. The third-order valence-corrected chi connectivity index (χ3v) is 4.04. The van der Waals surface area contributed by atoms with Gasteiger partial charge in [0.15, 0.2) is 5.65 Å². The van der Waals surface area contributed by atoms with Crippen LogP contribution in [0, 0.1) is 13.8 Å². The molecule has 0 unspecified atom stereocenters. The summed E-state index contributed by atoms with van der Waals surface area (Å²) in [5.74, 6) is -1.04. The Morgan fingerprint density at radius 3 is 2.64 bits per heavy atom. The van der Waals surface area contributed by atoms with Crippen molar-refractivity contribution in [1.29, 1.82) is 0 Å². The molecule has 1 N–H and O–H groups in total. The molecule has 1 aromatic carbocycles. The number of nitrogens with zero attached hydrogens (tertiary/aromatic N) is 3. The molecular weight excluding hydrogens is 325 g/mol. The van der Waals surface area contributed by atoms with Gasteiger partial charge in [-0.1, -0.05) is 29.3 Å². The van der Waals surface area contributed by atoms with Crippen LogP contribution in [0.4, 0.5) is 0 Å². The number of carboxylic acids is 1. The van der Waals surface area contributed by atoms with Gasteiger partial charge in [0.2, 0.25) is 0 Å². The van der Waals surface area contributed by atoms with Crippen molar-refractivity contribution in [3.63, 3.8) is 0 Å². The molecule has 3 rings (SSSR count). The Balaban J connectivity index is 2.34. The van der Waals surface area contributed by atoms with Gasteiger partial charge in [-0.3, -0.25) is 0 Å². The van der Waals surface area contributed by atoms with Crippen LogP contribution in [-0.4, -0.2) is 25.7 Å². The monoisotopic (exact) mass is 335 g/mol. The average molecular weight is 336 g/mol. The second-order valence-corrected chi connectivity index (χ2v) is 5.73. The fraction of sp³-hybridized carbons (Fsp3) is 0.133. The zero-order valence-corrected chi connectivity index (χ0v) is 13.3. The summed E-state index contributed by atoms with van der Waals surface area (Å²) in [6, 6.07) is 5.20. The number of hydrogen-bond donors (Lipinski definition) is 1. The topological polar surface area (TPSA) is 67.5 Å². The lowest BCUT2D eigenvalue weighted by Crippen LogP contribution is -2.07. The van der Waals surface area contributed by atoms with E-state index in [9.17, 15) is 9.90 Å². The maximum absolute atomic E-state index is 11.2. The fourth-order valence-corrected chi connectivity index (χ4v) is 2.92. The highest BCUT2D eigenvalue weighted by molar-refractivity contribution is 6.36. The molecule has 0 aliphatic rings. The van der Waals surface area contributed by atoms with Crippen LogP contribution in [-0.2, 0) is 0 Å². The predicted octanol–water partition coefficient (Wildman–Crippen LogP) is 4.02. The van der Waals surface area contributed by atoms with Gasteiger partial charge in [0.25, 0.3) is 0 Å². The van der Waals surface area contributed by atoms with E-state index >= 15 is 0 Å². The van der Waals surface area contributed by atoms with E-state index in [4.69, 9.17) is 23.2 Å². The summed E-state index contributed by atoms with van der Waals surface area (Å²) >= 11 is 12.2. The number of halogens is 2. The lowest BCUT2D eigenvalue weighted by atomic mass is 10.1. The molecule has 22 heavy (non-hydrogen) atoms. The lowest BCUT2D eigenvalue weighted by Gasteiger charge is -2.06. The first-order valence-electron chi connectivity index (χ1n) is 6.44. The van der Waals surface area contributed by atoms with Crippen molar-refractivity contribution in [2.24, 2.45) is 0 Å². The van der Waals surface area contributed by atoms with E-state index in [-0.39, 0.29) is 5.56 Å². The van der Waals surface area contributed by atoms with Crippen LogP contribution in [0.3, 0.4) is 0 Å². The van der Waals surface area contributed by atoms with Gasteiger partial charge in [-0.2, -0.15) is 5.10 Å². The lowest BCUT2D eigenvalue weighted by molar-refractivity contribution is 0.0695. The summed E-state index contributed by atoms with van der Waals surface area (Å²) < 4.78 is 1.53. The predicted molar refractivity (Wildman–Crippen MR) is 84.9 cm³/mol. The SMILES string of the molecule is Cc1nn2c(C)c(C(=O)O)cnc2c1-c1ccc(Cl)cc1Cl. The molecular formula is C15H11Cl2N3O2. The Morgan fingerprint density at radius 2 is 2.00 bits per heavy atom. The van der Waals surface area contributed by atoms with Gasteiger partial charge in [-0.15, -0.1) is 0 Å². The number of aryl methyl sites for hydroxylation is 2. The highest BCUT2D eigenvalue weighted by atomic mass is 35.5. The number of hydrogen-bond acceptors (Lipinski definition) is 3. The van der Waals surface area contributed by atoms with Crippen LogP contribution in [0.25, 0.3) is 16.8 Å². The molecule has 0 bridgehead atoms. The Labute approximate surface area is 136 Å². The zero-order valence-electron chi connectivity index (χ0n) is 11.8. The first-order chi connectivity index (χ1) is 10.4. The number of carbonyl (C=O) groups is 1. The van der Waals surface area contributed by atoms with Gasteiger partial charge in [0.05, 0.1) is 27.5 Å². The van der Waals surface area contributed by atoms with Gasteiger partial charge in [-0.25, -0.2) is 14.3 Å². The van der Waals surface area contributed by atoms with E-state index in [1.165, 1.54) is 10.7 Å². The largest absolute Gasteiger partial charge is 0.478 e. The molecule has 7 heteroatoms. The van der Waals surface area contributed by atoms with Crippen molar-refractivity contribution in [3.8, 4) is 11.1 Å². The second-order valence-electron chi connectivity index (χ2n) is 4.88. The number of carboxylic acid groups (broad SMARTS) is 1. The second kappa shape index (κ2) is 5.26. The number of fused-ring (bicyclic) bond motifs is 1. The fourth-order valence-electron chi connectivity index (χ4n) is 2.42. The van der Waals surface area contributed by atoms with E-state index in [1.807, 2.05) is 6.92 Å². The van der Waals surface area contributed by atoms with Gasteiger partial charge < -0.3 is 5.11 Å². The van der Waals surface area contributed by atoms with Crippen molar-refractivity contribution in [1.82, 2.24) is 14.6 Å². The highest BCUT2D eigenvalue weighted by Gasteiger charge is 2.19. The van der Waals surface area contributed by atoms with Crippen molar-refractivity contribution >= 4 is 34.8 Å². The molecule has 0 fully saturated rings. The number of aromatic carboxylic acids is 1. The molecule has 112 valence electrons. The third kappa shape index (κ3) is 2.23. The van der Waals surface area contributed by atoms with Crippen molar-refractivity contribution in [2.45, 2.75) is 13.8 Å². The number of rotatable bonds is 2. The normalized spacial score (nSPS) is 11.1. The van der Waals surface area contributed by atoms with Crippen molar-refractivity contribution in [2.75, 3.05) is 0 Å². The maximum atomic E-state index is 11.2. The summed E-state index contributed by atoms with van der Waals surface area (Å²) in [6.45, 7) is 3.52. The summed E-state index contributed by atoms with van der Waals surface area (Å²) in [5.41, 5.74) is 3.42. The van der Waals surface area contributed by atoms with Crippen LogP contribution in [0.2, 0.25) is 10.0 Å². The average Bonchev–Trinajstić information content (AvgIpc) is 2.76. The van der Waals surface area contributed by atoms with E-state index in [0.717, 1.165) is 11.1 Å². The van der Waals surface area contributed by atoms with E-state index in [0.29, 0.717) is 27.1 Å². The van der Waals surface area contributed by atoms with E-state index in [1.54, 1.807) is 25.1 Å². The molecule has 0 radical (unpaired) electrons. The minimum atomic E-state index is -1.04. The van der Waals surface area contributed by atoms with E-state index < -0.39 is 5.97 Å². The first kappa shape index (κ1) is 14.8. The minimum Gasteiger partial charge on any atom is -0.478 e. The molecule has 3 aromatic rings. The quantitative estimate of drug-likeness (QED) is 0.767. The molecule has 0 spiro atoms. The molecule has 0 saturated carbocycles. The smallest absolute Gasteiger partial charge is 0.339 e. The molecule has 5 nitrogen and oxygen atoms in total.